The standard InChI is InChI=1S/C15H18N2OS/c1-10-8-17(9-15(10,18)11-6-7-11)14-16-12-4-2-3-5-13(12)19-14/h2-5,10-11,18H,6-9H2,1H3. The minimum atomic E-state index is -0.488. The van der Waals surface area contributed by atoms with Gasteiger partial charge in [0.2, 0.25) is 0 Å². The van der Waals surface area contributed by atoms with Crippen LogP contribution in [0.3, 0.4) is 0 Å². The van der Waals surface area contributed by atoms with E-state index in [-0.39, 0.29) is 0 Å². The maximum atomic E-state index is 10.8. The van der Waals surface area contributed by atoms with Crippen molar-refractivity contribution in [2.24, 2.45) is 11.8 Å². The van der Waals surface area contributed by atoms with Crippen molar-refractivity contribution in [2.75, 3.05) is 18.0 Å². The first-order valence-electron chi connectivity index (χ1n) is 7.00. The zero-order chi connectivity index (χ0) is 13.0. The third-order valence-corrected chi connectivity index (χ3v) is 5.73. The van der Waals surface area contributed by atoms with Gasteiger partial charge < -0.3 is 10.0 Å². The Morgan fingerprint density at radius 1 is 1.37 bits per heavy atom. The van der Waals surface area contributed by atoms with Crippen molar-refractivity contribution in [3.63, 3.8) is 0 Å². The van der Waals surface area contributed by atoms with Crippen molar-refractivity contribution in [3.05, 3.63) is 24.3 Å². The van der Waals surface area contributed by atoms with Gasteiger partial charge in [-0.2, -0.15) is 0 Å². The molecule has 1 aliphatic heterocycles. The van der Waals surface area contributed by atoms with Gasteiger partial charge in [0.25, 0.3) is 0 Å². The number of anilines is 1. The van der Waals surface area contributed by atoms with Gasteiger partial charge in [0, 0.05) is 19.0 Å². The lowest BCUT2D eigenvalue weighted by atomic mass is 9.88. The van der Waals surface area contributed by atoms with Gasteiger partial charge in [0.05, 0.1) is 15.8 Å². The number of aliphatic hydroxyl groups is 1. The molecule has 3 nitrogen and oxygen atoms in total. The van der Waals surface area contributed by atoms with Gasteiger partial charge in [0.15, 0.2) is 5.13 Å². The molecule has 2 heterocycles. The van der Waals surface area contributed by atoms with E-state index in [1.165, 1.54) is 17.5 Å². The topological polar surface area (TPSA) is 36.4 Å². The maximum absolute atomic E-state index is 10.8. The van der Waals surface area contributed by atoms with E-state index in [1.807, 2.05) is 6.07 Å². The van der Waals surface area contributed by atoms with E-state index in [9.17, 15) is 5.11 Å². The molecule has 1 saturated heterocycles. The van der Waals surface area contributed by atoms with Crippen molar-refractivity contribution >= 4 is 26.7 Å². The quantitative estimate of drug-likeness (QED) is 0.915. The minimum absolute atomic E-state index is 0.340. The number of fused-ring (bicyclic) bond motifs is 1. The van der Waals surface area contributed by atoms with Gasteiger partial charge in [-0.3, -0.25) is 0 Å². The number of rotatable bonds is 2. The Bertz CT molecular complexity index is 588. The lowest BCUT2D eigenvalue weighted by molar-refractivity contribution is 0.00283. The van der Waals surface area contributed by atoms with Crippen LogP contribution >= 0.6 is 11.3 Å². The maximum Gasteiger partial charge on any atom is 0.186 e. The minimum Gasteiger partial charge on any atom is -0.387 e. The molecule has 19 heavy (non-hydrogen) atoms. The summed E-state index contributed by atoms with van der Waals surface area (Å²) in [7, 11) is 0. The number of hydrogen-bond acceptors (Lipinski definition) is 4. The molecule has 2 aliphatic rings. The molecule has 4 rings (SSSR count). The van der Waals surface area contributed by atoms with Crippen LogP contribution in [0.2, 0.25) is 0 Å². The molecule has 2 unspecified atom stereocenters. The first-order chi connectivity index (χ1) is 9.17. The van der Waals surface area contributed by atoms with Crippen LogP contribution in [0.5, 0.6) is 0 Å². The highest BCUT2D eigenvalue weighted by Crippen LogP contribution is 2.48. The van der Waals surface area contributed by atoms with Crippen LogP contribution in [-0.2, 0) is 0 Å². The van der Waals surface area contributed by atoms with E-state index >= 15 is 0 Å². The number of benzene rings is 1. The third-order valence-electron chi connectivity index (χ3n) is 4.63. The summed E-state index contributed by atoms with van der Waals surface area (Å²) in [6.07, 6.45) is 2.38. The number of β-amino-alcohol motifs (C(OH)–C–C–N with tert-alkyl or cyclic N) is 1. The van der Waals surface area contributed by atoms with Crippen LogP contribution in [0.1, 0.15) is 19.8 Å². The number of thiazole rings is 1. The number of nitrogens with zero attached hydrogens (tertiary/aromatic N) is 2. The first kappa shape index (κ1) is 11.7. The second kappa shape index (κ2) is 3.93. The molecule has 1 saturated carbocycles. The van der Waals surface area contributed by atoms with E-state index in [2.05, 4.69) is 30.0 Å². The fourth-order valence-corrected chi connectivity index (χ4v) is 4.24. The molecule has 1 aromatic carbocycles. The monoisotopic (exact) mass is 274 g/mol. The summed E-state index contributed by atoms with van der Waals surface area (Å²) in [4.78, 5) is 6.98. The van der Waals surface area contributed by atoms with Crippen LogP contribution in [0, 0.1) is 11.8 Å². The molecule has 1 N–H and O–H groups in total. The molecule has 0 radical (unpaired) electrons. The Morgan fingerprint density at radius 3 is 2.89 bits per heavy atom. The average molecular weight is 274 g/mol. The van der Waals surface area contributed by atoms with Gasteiger partial charge in [-0.05, 0) is 30.9 Å². The van der Waals surface area contributed by atoms with E-state index in [0.29, 0.717) is 11.8 Å². The van der Waals surface area contributed by atoms with Crippen LogP contribution in [0.15, 0.2) is 24.3 Å². The van der Waals surface area contributed by atoms with Gasteiger partial charge >= 0.3 is 0 Å². The average Bonchev–Trinajstić information content (AvgIpc) is 3.10. The molecule has 4 heteroatoms. The molecule has 2 aromatic rings. The van der Waals surface area contributed by atoms with Crippen LogP contribution in [-0.4, -0.2) is 28.8 Å². The molecular weight excluding hydrogens is 256 g/mol. The Labute approximate surface area is 116 Å². The zero-order valence-corrected chi connectivity index (χ0v) is 11.9. The van der Waals surface area contributed by atoms with E-state index in [4.69, 9.17) is 4.98 Å². The Kier molecular flexibility index (Phi) is 2.42. The summed E-state index contributed by atoms with van der Waals surface area (Å²) in [5.41, 5.74) is 0.578. The predicted molar refractivity (Wildman–Crippen MR) is 78.7 cm³/mol. The summed E-state index contributed by atoms with van der Waals surface area (Å²) < 4.78 is 1.23. The molecule has 2 atom stereocenters. The zero-order valence-electron chi connectivity index (χ0n) is 11.0. The summed E-state index contributed by atoms with van der Waals surface area (Å²) in [5.74, 6) is 0.855. The summed E-state index contributed by atoms with van der Waals surface area (Å²) in [5, 5.41) is 11.9. The highest BCUT2D eigenvalue weighted by molar-refractivity contribution is 7.22. The second-order valence-electron chi connectivity index (χ2n) is 6.01. The van der Waals surface area contributed by atoms with Gasteiger partial charge in [-0.1, -0.05) is 30.4 Å². The van der Waals surface area contributed by atoms with Crippen molar-refractivity contribution in [1.82, 2.24) is 4.98 Å². The fourth-order valence-electron chi connectivity index (χ4n) is 3.27. The second-order valence-corrected chi connectivity index (χ2v) is 7.02. The van der Waals surface area contributed by atoms with Crippen LogP contribution < -0.4 is 4.90 Å². The van der Waals surface area contributed by atoms with Gasteiger partial charge in [0.1, 0.15) is 0 Å². The first-order valence-corrected chi connectivity index (χ1v) is 7.81. The molecular formula is C15H18N2OS. The number of para-hydroxylation sites is 1. The highest BCUT2D eigenvalue weighted by atomic mass is 32.1. The van der Waals surface area contributed by atoms with Crippen molar-refractivity contribution < 1.29 is 5.11 Å². The molecule has 0 bridgehead atoms. The molecule has 2 fully saturated rings. The van der Waals surface area contributed by atoms with Gasteiger partial charge in [-0.15, -0.1) is 0 Å². The van der Waals surface area contributed by atoms with Crippen LogP contribution in [0.25, 0.3) is 10.2 Å². The highest BCUT2D eigenvalue weighted by Gasteiger charge is 2.52. The van der Waals surface area contributed by atoms with Crippen molar-refractivity contribution in [1.29, 1.82) is 0 Å². The normalized spacial score (nSPS) is 31.3. The molecule has 0 amide bonds. The summed E-state index contributed by atoms with van der Waals surface area (Å²) in [6.45, 7) is 3.84. The fraction of sp³-hybridized carbons (Fsp3) is 0.533. The van der Waals surface area contributed by atoms with Crippen LogP contribution in [0.4, 0.5) is 5.13 Å². The lowest BCUT2D eigenvalue weighted by Gasteiger charge is -2.26. The Balaban J connectivity index is 1.66. The molecule has 0 spiro atoms. The molecule has 1 aliphatic carbocycles. The van der Waals surface area contributed by atoms with E-state index in [1.54, 1.807) is 11.3 Å². The van der Waals surface area contributed by atoms with E-state index < -0.39 is 5.60 Å². The molecule has 100 valence electrons. The Hall–Kier alpha value is -1.13. The number of aromatic nitrogens is 1. The lowest BCUT2D eigenvalue weighted by Crippen LogP contribution is -2.39. The van der Waals surface area contributed by atoms with Crippen molar-refractivity contribution in [3.8, 4) is 0 Å². The summed E-state index contributed by atoms with van der Waals surface area (Å²) in [6, 6.07) is 8.25. The third kappa shape index (κ3) is 1.77. The van der Waals surface area contributed by atoms with E-state index in [0.717, 1.165) is 23.7 Å². The van der Waals surface area contributed by atoms with Crippen molar-refractivity contribution in [2.45, 2.75) is 25.4 Å². The largest absolute Gasteiger partial charge is 0.387 e. The predicted octanol–water partition coefficient (Wildman–Crippen LogP) is 2.89. The Morgan fingerprint density at radius 2 is 2.16 bits per heavy atom. The van der Waals surface area contributed by atoms with Gasteiger partial charge in [-0.25, -0.2) is 4.98 Å². The smallest absolute Gasteiger partial charge is 0.186 e. The molecule has 1 aromatic heterocycles. The number of hydrogen-bond donors (Lipinski definition) is 1. The SMILES string of the molecule is CC1CN(c2nc3ccccc3s2)CC1(O)C1CC1. The summed E-state index contributed by atoms with van der Waals surface area (Å²) >= 11 is 1.73.